The molecule has 0 aliphatic carbocycles. The minimum atomic E-state index is -5.15. The summed E-state index contributed by atoms with van der Waals surface area (Å²) in [5.41, 5.74) is 1.07. The summed E-state index contributed by atoms with van der Waals surface area (Å²) in [6.45, 7) is 1.92. The number of phenols is 1. The van der Waals surface area contributed by atoms with Gasteiger partial charge in [0.05, 0.1) is 15.5 Å². The van der Waals surface area contributed by atoms with E-state index in [0.717, 1.165) is 34.5 Å². The Balaban J connectivity index is 2.00. The Morgan fingerprint density at radius 1 is 0.781 bits per heavy atom. The average molecular weight is 470 g/mol. The lowest BCUT2D eigenvalue weighted by atomic mass is 10.0. The van der Waals surface area contributed by atoms with Gasteiger partial charge in [-0.3, -0.25) is 0 Å². The van der Waals surface area contributed by atoms with Crippen LogP contribution in [0.2, 0.25) is 0 Å². The first-order valence-corrected chi connectivity index (χ1v) is 11.9. The highest BCUT2D eigenvalue weighted by Gasteiger charge is 2.18. The molecule has 32 heavy (non-hydrogen) atoms. The number of azo groups is 1. The predicted octanol–water partition coefficient (Wildman–Crippen LogP) is 4.23. The highest BCUT2D eigenvalue weighted by Crippen LogP contribution is 2.42. The van der Waals surface area contributed by atoms with Crippen LogP contribution in [0.5, 0.6) is 5.75 Å². The molecule has 1 N–H and O–H groups in total. The highest BCUT2D eigenvalue weighted by atomic mass is 32.2. The van der Waals surface area contributed by atoms with E-state index in [9.17, 15) is 31.0 Å². The van der Waals surface area contributed by atoms with Crippen molar-refractivity contribution in [3.05, 3.63) is 66.2 Å². The van der Waals surface area contributed by atoms with Gasteiger partial charge in [0, 0.05) is 10.8 Å². The molecule has 0 amide bonds. The second kappa shape index (κ2) is 7.64. The van der Waals surface area contributed by atoms with Crippen molar-refractivity contribution in [2.24, 2.45) is 10.2 Å². The van der Waals surface area contributed by atoms with Crippen LogP contribution in [-0.2, 0) is 20.2 Å². The predicted molar refractivity (Wildman–Crippen MR) is 114 cm³/mol. The normalized spacial score (nSPS) is 12.7. The van der Waals surface area contributed by atoms with Gasteiger partial charge in [0.15, 0.2) is 5.75 Å². The first-order chi connectivity index (χ1) is 15.0. The molecule has 4 aromatic rings. The molecule has 11 heteroatoms. The van der Waals surface area contributed by atoms with Crippen molar-refractivity contribution >= 4 is 53.2 Å². The number of benzene rings is 4. The number of rotatable bonds is 4. The van der Waals surface area contributed by atoms with Crippen LogP contribution in [0, 0.1) is 6.92 Å². The smallest absolute Gasteiger partial charge is 0.161 e. The van der Waals surface area contributed by atoms with E-state index in [1.807, 2.05) is 37.3 Å². The molecule has 0 atom stereocenters. The van der Waals surface area contributed by atoms with Crippen molar-refractivity contribution in [3.63, 3.8) is 0 Å². The molecule has 164 valence electrons. The Morgan fingerprint density at radius 3 is 2.12 bits per heavy atom. The van der Waals surface area contributed by atoms with Gasteiger partial charge in [0.2, 0.25) is 0 Å². The van der Waals surface area contributed by atoms with Gasteiger partial charge < -0.3 is 14.2 Å². The zero-order chi connectivity index (χ0) is 23.3. The number of nitrogens with zero attached hydrogens (tertiary/aromatic N) is 2. The minimum Gasteiger partial charge on any atom is -0.744 e. The SMILES string of the molecule is Cc1ccc(N=Nc2c(O)c(S(=O)(=O)[O-])cc3cc(S(=O)(=O)[O-])ccc23)c2ccccc12. The van der Waals surface area contributed by atoms with Crippen LogP contribution in [0.25, 0.3) is 21.5 Å². The van der Waals surface area contributed by atoms with Crippen molar-refractivity contribution < 1.29 is 31.0 Å². The van der Waals surface area contributed by atoms with Crippen LogP contribution in [-0.4, -0.2) is 31.0 Å². The maximum absolute atomic E-state index is 11.7. The van der Waals surface area contributed by atoms with E-state index in [4.69, 9.17) is 0 Å². The molecule has 0 fully saturated rings. The molecule has 0 saturated heterocycles. The molecule has 9 nitrogen and oxygen atoms in total. The molecular weight excluding hydrogens is 456 g/mol. The molecule has 0 aromatic heterocycles. The Kier molecular flexibility index (Phi) is 5.21. The van der Waals surface area contributed by atoms with E-state index < -0.39 is 35.8 Å². The summed E-state index contributed by atoms with van der Waals surface area (Å²) in [5.74, 6) is -0.926. The van der Waals surface area contributed by atoms with E-state index in [2.05, 4.69) is 10.2 Å². The average Bonchev–Trinajstić information content (AvgIpc) is 2.72. The summed E-state index contributed by atoms with van der Waals surface area (Å²) >= 11 is 0. The lowest BCUT2D eigenvalue weighted by Gasteiger charge is -2.14. The van der Waals surface area contributed by atoms with Crippen LogP contribution in [0.4, 0.5) is 11.4 Å². The minimum absolute atomic E-state index is 0.0862. The van der Waals surface area contributed by atoms with Crippen LogP contribution >= 0.6 is 0 Å². The molecule has 0 spiro atoms. The molecular formula is C21H14N2O7S2-2. The molecule has 0 saturated carbocycles. The van der Waals surface area contributed by atoms with Gasteiger partial charge in [-0.05, 0) is 47.5 Å². The van der Waals surface area contributed by atoms with Gasteiger partial charge >= 0.3 is 0 Å². The van der Waals surface area contributed by atoms with Crippen molar-refractivity contribution in [3.8, 4) is 5.75 Å². The quantitative estimate of drug-likeness (QED) is 0.345. The number of hydrogen-bond donors (Lipinski definition) is 1. The van der Waals surface area contributed by atoms with E-state index >= 15 is 0 Å². The van der Waals surface area contributed by atoms with Crippen molar-refractivity contribution in [1.29, 1.82) is 0 Å². The standard InChI is InChI=1S/C21H16N2O7S2/c1-12-6-9-18(17-5-3-2-4-15(12)17)22-23-20-16-8-7-14(31(25,26)27)10-13(16)11-19(21(20)24)32(28,29)30/h2-11,24H,1H3,(H,25,26,27)(H,28,29,30)/p-2. The third-order valence-corrected chi connectivity index (χ3v) is 6.64. The Hall–Kier alpha value is -3.38. The molecule has 4 aromatic carbocycles. The van der Waals surface area contributed by atoms with Crippen LogP contribution in [0.15, 0.2) is 80.7 Å². The van der Waals surface area contributed by atoms with Crippen LogP contribution in [0.3, 0.4) is 0 Å². The fraction of sp³-hybridized carbons (Fsp3) is 0.0476. The van der Waals surface area contributed by atoms with Crippen molar-refractivity contribution in [2.45, 2.75) is 16.7 Å². The molecule has 0 unspecified atom stereocenters. The monoisotopic (exact) mass is 470 g/mol. The summed E-state index contributed by atoms with van der Waals surface area (Å²) in [6, 6.07) is 14.8. The fourth-order valence-corrected chi connectivity index (χ4v) is 4.51. The number of fused-ring (bicyclic) bond motifs is 2. The lowest BCUT2D eigenvalue weighted by Crippen LogP contribution is -2.01. The number of hydrogen-bond acceptors (Lipinski definition) is 9. The maximum Gasteiger partial charge on any atom is 0.161 e. The highest BCUT2D eigenvalue weighted by molar-refractivity contribution is 7.86. The van der Waals surface area contributed by atoms with E-state index in [-0.39, 0.29) is 16.5 Å². The van der Waals surface area contributed by atoms with Crippen molar-refractivity contribution in [2.75, 3.05) is 0 Å². The van der Waals surface area contributed by atoms with Gasteiger partial charge in [-0.15, -0.1) is 10.2 Å². The van der Waals surface area contributed by atoms with Gasteiger partial charge in [0.1, 0.15) is 25.9 Å². The van der Waals surface area contributed by atoms with Crippen molar-refractivity contribution in [1.82, 2.24) is 0 Å². The molecule has 0 bridgehead atoms. The number of aryl methyl sites for hydroxylation is 1. The van der Waals surface area contributed by atoms with E-state index in [1.54, 1.807) is 6.07 Å². The first-order valence-electron chi connectivity index (χ1n) is 9.08. The van der Waals surface area contributed by atoms with E-state index in [0.29, 0.717) is 5.69 Å². The summed E-state index contributed by atoms with van der Waals surface area (Å²) in [7, 11) is -9.99. The maximum atomic E-state index is 11.7. The second-order valence-electron chi connectivity index (χ2n) is 7.01. The molecule has 4 rings (SSSR count). The zero-order valence-corrected chi connectivity index (χ0v) is 18.0. The van der Waals surface area contributed by atoms with Crippen LogP contribution in [0.1, 0.15) is 5.56 Å². The van der Waals surface area contributed by atoms with E-state index in [1.165, 1.54) is 6.07 Å². The molecule has 0 heterocycles. The molecule has 0 aliphatic rings. The fourth-order valence-electron chi connectivity index (χ4n) is 3.40. The van der Waals surface area contributed by atoms with Crippen LogP contribution < -0.4 is 0 Å². The Morgan fingerprint density at radius 2 is 1.47 bits per heavy atom. The molecule has 0 aliphatic heterocycles. The van der Waals surface area contributed by atoms with Gasteiger partial charge in [-0.2, -0.15) is 0 Å². The third-order valence-electron chi connectivity index (χ3n) is 4.96. The summed E-state index contributed by atoms with van der Waals surface area (Å²) in [5, 5.41) is 20.3. The Labute approximate surface area is 183 Å². The summed E-state index contributed by atoms with van der Waals surface area (Å²) in [6.07, 6.45) is 0. The van der Waals surface area contributed by atoms with Gasteiger partial charge in [-0.1, -0.05) is 36.4 Å². The number of aromatic hydroxyl groups is 1. The second-order valence-corrected chi connectivity index (χ2v) is 9.74. The largest absolute Gasteiger partial charge is 0.744 e. The number of phenolic OH excluding ortho intramolecular Hbond substituents is 1. The van der Waals surface area contributed by atoms with Gasteiger partial charge in [0.25, 0.3) is 0 Å². The first kappa shape index (κ1) is 21.8. The van der Waals surface area contributed by atoms with Gasteiger partial charge in [-0.25, -0.2) is 16.8 Å². The topological polar surface area (TPSA) is 159 Å². The third kappa shape index (κ3) is 3.94. The summed E-state index contributed by atoms with van der Waals surface area (Å²) < 4.78 is 69.0. The zero-order valence-electron chi connectivity index (χ0n) is 16.4. The molecule has 0 radical (unpaired) electrons. The lowest BCUT2D eigenvalue weighted by molar-refractivity contribution is 0.436. The summed E-state index contributed by atoms with van der Waals surface area (Å²) in [4.78, 5) is -1.63. The Bertz CT molecular complexity index is 1640.